The van der Waals surface area contributed by atoms with E-state index in [1.54, 1.807) is 30.3 Å². The molecule has 3 aromatic rings. The van der Waals surface area contributed by atoms with Gasteiger partial charge < -0.3 is 9.52 Å². The van der Waals surface area contributed by atoms with Gasteiger partial charge in [-0.2, -0.15) is 0 Å². The molecule has 1 aromatic carbocycles. The van der Waals surface area contributed by atoms with Gasteiger partial charge in [0.05, 0.1) is 10.0 Å². The Hall–Kier alpha value is -2.22. The van der Waals surface area contributed by atoms with Crippen molar-refractivity contribution in [3.63, 3.8) is 0 Å². The van der Waals surface area contributed by atoms with Gasteiger partial charge in [-0.3, -0.25) is 5.10 Å². The zero-order valence-corrected chi connectivity index (χ0v) is 15.8. The first-order valence-electron chi connectivity index (χ1n) is 7.55. The third kappa shape index (κ3) is 4.30. The Balaban J connectivity index is 1.85. The Morgan fingerprint density at radius 1 is 1.31 bits per heavy atom. The topological polar surface area (TPSA) is 92.0 Å². The number of carbonyl (C=O) groups is 1. The predicted octanol–water partition coefficient (Wildman–Crippen LogP) is 5.15. The first-order valence-corrected chi connectivity index (χ1v) is 9.13. The number of H-pyrrole nitrogens is 1. The van der Waals surface area contributed by atoms with Crippen LogP contribution in [0.4, 0.5) is 0 Å². The number of benzene rings is 1. The molecular weight excluding hydrogens is 397 g/mol. The molecule has 0 aliphatic rings. The number of carboxylic acids is 1. The molecule has 2 heterocycles. The molecule has 0 saturated heterocycles. The molecule has 3 rings (SSSR count). The van der Waals surface area contributed by atoms with Crippen LogP contribution in [0.25, 0.3) is 17.4 Å². The van der Waals surface area contributed by atoms with E-state index >= 15 is 0 Å². The molecule has 6 nitrogen and oxygen atoms in total. The number of nitrogens with zero attached hydrogens (tertiary/aromatic N) is 2. The monoisotopic (exact) mass is 409 g/mol. The van der Waals surface area contributed by atoms with Crippen molar-refractivity contribution < 1.29 is 14.3 Å². The highest BCUT2D eigenvalue weighted by Crippen LogP contribution is 2.31. The zero-order chi connectivity index (χ0) is 18.7. The molecular formula is C17H13Cl2N3O3S. The van der Waals surface area contributed by atoms with Gasteiger partial charge in [0.25, 0.3) is 0 Å². The van der Waals surface area contributed by atoms with E-state index in [0.29, 0.717) is 39.0 Å². The summed E-state index contributed by atoms with van der Waals surface area (Å²) in [6.07, 6.45) is 2.11. The summed E-state index contributed by atoms with van der Waals surface area (Å²) >= 11 is 12.9. The third-order valence-corrected chi connectivity index (χ3v) is 4.98. The minimum absolute atomic E-state index is 0.0432. The second kappa shape index (κ2) is 7.99. The summed E-state index contributed by atoms with van der Waals surface area (Å²) in [6, 6.07) is 8.54. The van der Waals surface area contributed by atoms with E-state index in [0.717, 1.165) is 17.3 Å². The summed E-state index contributed by atoms with van der Waals surface area (Å²) in [4.78, 5) is 15.8. The van der Waals surface area contributed by atoms with Crippen molar-refractivity contribution in [1.29, 1.82) is 0 Å². The van der Waals surface area contributed by atoms with E-state index in [1.165, 1.54) is 6.08 Å². The smallest absolute Gasteiger partial charge is 0.342 e. The van der Waals surface area contributed by atoms with Gasteiger partial charge >= 0.3 is 5.97 Å². The van der Waals surface area contributed by atoms with Gasteiger partial charge in [0.15, 0.2) is 0 Å². The van der Waals surface area contributed by atoms with Crippen LogP contribution >= 0.6 is 35.0 Å². The average Bonchev–Trinajstić information content (AvgIpc) is 3.26. The molecule has 0 aliphatic heterocycles. The number of rotatable bonds is 6. The van der Waals surface area contributed by atoms with Crippen LogP contribution in [-0.2, 0) is 11.2 Å². The molecule has 0 radical (unpaired) electrons. The molecule has 26 heavy (non-hydrogen) atoms. The Kier molecular flexibility index (Phi) is 5.70. The fourth-order valence-electron chi connectivity index (χ4n) is 2.08. The fourth-order valence-corrected chi connectivity index (χ4v) is 3.08. The quantitative estimate of drug-likeness (QED) is 0.431. The molecule has 134 valence electrons. The number of aromatic amines is 1. The van der Waals surface area contributed by atoms with Crippen molar-refractivity contribution in [2.45, 2.75) is 18.5 Å². The molecule has 0 aliphatic carbocycles. The van der Waals surface area contributed by atoms with Crippen LogP contribution < -0.4 is 0 Å². The SMILES string of the molecule is CCc1nc(S/C(=C/c2ccc(-c3ccc(Cl)c(Cl)c3)o2)C(=O)O)n[nH]1. The summed E-state index contributed by atoms with van der Waals surface area (Å²) in [5.74, 6) is 0.542. The lowest BCUT2D eigenvalue weighted by Crippen LogP contribution is -1.97. The first-order chi connectivity index (χ1) is 12.5. The van der Waals surface area contributed by atoms with Crippen LogP contribution in [0.15, 0.2) is 44.8 Å². The van der Waals surface area contributed by atoms with Crippen LogP contribution in [-0.4, -0.2) is 26.3 Å². The standard InChI is InChI=1S/C17H13Cl2N3O3S/c1-2-15-20-17(22-21-15)26-14(16(23)24)8-10-4-6-13(25-10)9-3-5-11(18)12(19)7-9/h3-8H,2H2,1H3,(H,23,24)(H,20,21,22)/b14-8+. The van der Waals surface area contributed by atoms with E-state index in [1.807, 2.05) is 6.92 Å². The van der Waals surface area contributed by atoms with E-state index < -0.39 is 5.97 Å². The number of nitrogens with one attached hydrogen (secondary N) is 1. The van der Waals surface area contributed by atoms with Gasteiger partial charge in [0.1, 0.15) is 22.3 Å². The lowest BCUT2D eigenvalue weighted by atomic mass is 10.2. The van der Waals surface area contributed by atoms with E-state index in [-0.39, 0.29) is 4.91 Å². The highest BCUT2D eigenvalue weighted by molar-refractivity contribution is 8.04. The Morgan fingerprint density at radius 3 is 2.77 bits per heavy atom. The third-order valence-electron chi connectivity index (χ3n) is 3.36. The van der Waals surface area contributed by atoms with Crippen LogP contribution in [0.1, 0.15) is 18.5 Å². The number of hydrogen-bond donors (Lipinski definition) is 2. The summed E-state index contributed by atoms with van der Waals surface area (Å²) in [6.45, 7) is 1.93. The molecule has 0 spiro atoms. The van der Waals surface area contributed by atoms with Gasteiger partial charge in [0, 0.05) is 18.1 Å². The van der Waals surface area contributed by atoms with Crippen molar-refractivity contribution >= 4 is 47.0 Å². The van der Waals surface area contributed by atoms with Crippen molar-refractivity contribution in [2.24, 2.45) is 0 Å². The molecule has 2 N–H and O–H groups in total. The van der Waals surface area contributed by atoms with Crippen molar-refractivity contribution in [3.8, 4) is 11.3 Å². The molecule has 0 atom stereocenters. The molecule has 0 unspecified atom stereocenters. The molecule has 2 aromatic heterocycles. The molecule has 9 heteroatoms. The average molecular weight is 410 g/mol. The van der Waals surface area contributed by atoms with Gasteiger partial charge in [-0.05, 0) is 42.1 Å². The number of thioether (sulfide) groups is 1. The molecule has 0 bridgehead atoms. The van der Waals surface area contributed by atoms with Gasteiger partial charge in [-0.1, -0.05) is 30.1 Å². The van der Waals surface area contributed by atoms with Gasteiger partial charge in [0.2, 0.25) is 5.16 Å². The normalized spacial score (nSPS) is 11.7. The number of halogens is 2. The lowest BCUT2D eigenvalue weighted by molar-refractivity contribution is -0.131. The number of carboxylic acid groups (broad SMARTS) is 1. The second-order valence-electron chi connectivity index (χ2n) is 5.16. The van der Waals surface area contributed by atoms with E-state index in [2.05, 4.69) is 15.2 Å². The van der Waals surface area contributed by atoms with Crippen LogP contribution in [0.5, 0.6) is 0 Å². The highest BCUT2D eigenvalue weighted by Gasteiger charge is 2.15. The van der Waals surface area contributed by atoms with Crippen LogP contribution in [0.2, 0.25) is 10.0 Å². The number of aryl methyl sites for hydroxylation is 1. The summed E-state index contributed by atoms with van der Waals surface area (Å²) in [7, 11) is 0. The van der Waals surface area contributed by atoms with Gasteiger partial charge in [-0.25, -0.2) is 9.78 Å². The number of furan rings is 1. The maximum absolute atomic E-state index is 11.5. The number of hydrogen-bond acceptors (Lipinski definition) is 5. The second-order valence-corrected chi connectivity index (χ2v) is 6.99. The molecule has 0 fully saturated rings. The van der Waals surface area contributed by atoms with Crippen molar-refractivity contribution in [2.75, 3.05) is 0 Å². The summed E-state index contributed by atoms with van der Waals surface area (Å²) < 4.78 is 5.71. The number of aliphatic carboxylic acids is 1. The van der Waals surface area contributed by atoms with Crippen LogP contribution in [0.3, 0.4) is 0 Å². The Morgan fingerprint density at radius 2 is 2.12 bits per heavy atom. The Labute approximate surface area is 163 Å². The predicted molar refractivity (Wildman–Crippen MR) is 101 cm³/mol. The van der Waals surface area contributed by atoms with Crippen molar-refractivity contribution in [3.05, 3.63) is 56.9 Å². The van der Waals surface area contributed by atoms with E-state index in [9.17, 15) is 9.90 Å². The maximum Gasteiger partial charge on any atom is 0.342 e. The lowest BCUT2D eigenvalue weighted by Gasteiger charge is -2.00. The van der Waals surface area contributed by atoms with Crippen LogP contribution in [0, 0.1) is 0 Å². The minimum Gasteiger partial charge on any atom is -0.477 e. The maximum atomic E-state index is 11.5. The zero-order valence-electron chi connectivity index (χ0n) is 13.5. The van der Waals surface area contributed by atoms with Crippen molar-refractivity contribution in [1.82, 2.24) is 15.2 Å². The summed E-state index contributed by atoms with van der Waals surface area (Å²) in [5, 5.41) is 17.4. The Bertz CT molecular complexity index is 981. The molecule has 0 saturated carbocycles. The van der Waals surface area contributed by atoms with Gasteiger partial charge in [-0.15, -0.1) is 5.10 Å². The number of aromatic nitrogens is 3. The largest absolute Gasteiger partial charge is 0.477 e. The minimum atomic E-state index is -1.09. The summed E-state index contributed by atoms with van der Waals surface area (Å²) in [5.41, 5.74) is 0.741. The highest BCUT2D eigenvalue weighted by atomic mass is 35.5. The first kappa shape index (κ1) is 18.6. The molecule has 0 amide bonds. The fraction of sp³-hybridized carbons (Fsp3) is 0.118. The van der Waals surface area contributed by atoms with E-state index in [4.69, 9.17) is 27.6 Å².